The Balaban J connectivity index is 2.50. The van der Waals surface area contributed by atoms with E-state index in [1.165, 1.54) is 44.1 Å². The van der Waals surface area contributed by atoms with Gasteiger partial charge in [-0.3, -0.25) is 0 Å². The van der Waals surface area contributed by atoms with E-state index in [-0.39, 0.29) is 5.82 Å². The Morgan fingerprint density at radius 1 is 1.05 bits per heavy atom. The molecule has 0 heterocycles. The van der Waals surface area contributed by atoms with Gasteiger partial charge < -0.3 is 5.32 Å². The summed E-state index contributed by atoms with van der Waals surface area (Å²) in [6, 6.07) is 5.63. The zero-order valence-corrected chi connectivity index (χ0v) is 14.1. The van der Waals surface area contributed by atoms with Gasteiger partial charge in [0.15, 0.2) is 0 Å². The van der Waals surface area contributed by atoms with Gasteiger partial charge in [-0.05, 0) is 56.0 Å². The van der Waals surface area contributed by atoms with Crippen LogP contribution >= 0.6 is 0 Å². The van der Waals surface area contributed by atoms with E-state index in [0.717, 1.165) is 24.9 Å². The molecule has 120 valence electrons. The molecule has 0 bridgehead atoms. The lowest BCUT2D eigenvalue weighted by molar-refractivity contribution is 0.450. The fourth-order valence-electron chi connectivity index (χ4n) is 2.74. The minimum atomic E-state index is -0.118. The summed E-state index contributed by atoms with van der Waals surface area (Å²) in [4.78, 5) is 0. The van der Waals surface area contributed by atoms with Gasteiger partial charge in [-0.15, -0.1) is 0 Å². The summed E-state index contributed by atoms with van der Waals surface area (Å²) in [6.07, 6.45) is 9.85. The number of benzene rings is 1. The molecule has 1 rings (SSSR count). The highest BCUT2D eigenvalue weighted by molar-refractivity contribution is 5.27. The molecule has 0 aromatic heterocycles. The van der Waals surface area contributed by atoms with Crippen molar-refractivity contribution >= 4 is 0 Å². The summed E-state index contributed by atoms with van der Waals surface area (Å²) in [5, 5.41) is 3.63. The Bertz CT molecular complexity index is 389. The van der Waals surface area contributed by atoms with Crippen LogP contribution in [-0.4, -0.2) is 12.6 Å². The highest BCUT2D eigenvalue weighted by Gasteiger charge is 2.11. The Hall–Kier alpha value is -0.890. The summed E-state index contributed by atoms with van der Waals surface area (Å²) in [6.45, 7) is 7.57. The van der Waals surface area contributed by atoms with Crippen LogP contribution in [0.15, 0.2) is 18.2 Å². The Kier molecular flexibility index (Phi) is 9.32. The van der Waals surface area contributed by atoms with Gasteiger partial charge in [-0.1, -0.05) is 52.0 Å². The molecule has 21 heavy (non-hydrogen) atoms. The third kappa shape index (κ3) is 7.61. The Morgan fingerprint density at radius 2 is 1.81 bits per heavy atom. The highest BCUT2D eigenvalue weighted by Crippen LogP contribution is 2.16. The van der Waals surface area contributed by atoms with E-state index in [0.29, 0.717) is 6.04 Å². The molecule has 0 saturated heterocycles. The summed E-state index contributed by atoms with van der Waals surface area (Å²) < 4.78 is 13.4. The second-order valence-electron chi connectivity index (χ2n) is 6.13. The number of aryl methyl sites for hydroxylation is 1. The molecule has 1 aromatic rings. The molecule has 0 spiro atoms. The fraction of sp³-hybridized carbons (Fsp3) is 0.684. The van der Waals surface area contributed by atoms with Crippen LogP contribution in [0, 0.1) is 12.7 Å². The molecule has 1 atom stereocenters. The first-order valence-corrected chi connectivity index (χ1v) is 8.65. The van der Waals surface area contributed by atoms with Crippen molar-refractivity contribution in [1.29, 1.82) is 0 Å². The van der Waals surface area contributed by atoms with Crippen molar-refractivity contribution in [3.05, 3.63) is 35.1 Å². The van der Waals surface area contributed by atoms with E-state index in [1.807, 2.05) is 6.07 Å². The summed E-state index contributed by atoms with van der Waals surface area (Å²) in [7, 11) is 0. The van der Waals surface area contributed by atoms with Crippen LogP contribution in [0.1, 0.15) is 69.9 Å². The molecule has 1 unspecified atom stereocenters. The van der Waals surface area contributed by atoms with Gasteiger partial charge in [0.25, 0.3) is 0 Å². The van der Waals surface area contributed by atoms with Crippen LogP contribution in [0.2, 0.25) is 0 Å². The molecule has 0 saturated carbocycles. The van der Waals surface area contributed by atoms with Crippen molar-refractivity contribution in [2.45, 2.75) is 78.2 Å². The lowest BCUT2D eigenvalue weighted by atomic mass is 9.96. The van der Waals surface area contributed by atoms with Crippen molar-refractivity contribution in [2.24, 2.45) is 0 Å². The minimum Gasteiger partial charge on any atom is -0.314 e. The number of unbranched alkanes of at least 4 members (excludes halogenated alkanes) is 4. The van der Waals surface area contributed by atoms with E-state index in [9.17, 15) is 4.39 Å². The van der Waals surface area contributed by atoms with Crippen LogP contribution in [0.4, 0.5) is 4.39 Å². The van der Waals surface area contributed by atoms with Gasteiger partial charge in [0.1, 0.15) is 5.82 Å². The zero-order chi connectivity index (χ0) is 15.5. The second-order valence-corrected chi connectivity index (χ2v) is 6.13. The fourth-order valence-corrected chi connectivity index (χ4v) is 2.74. The standard InChI is InChI=1S/C19H32FN/c1-4-6-7-8-9-10-19(21-13-5-2)15-17-14-18(20)12-11-16(17)3/h11-12,14,19,21H,4-10,13,15H2,1-3H3. The molecule has 0 amide bonds. The average molecular weight is 293 g/mol. The van der Waals surface area contributed by atoms with Crippen LogP contribution in [-0.2, 0) is 6.42 Å². The quantitative estimate of drug-likeness (QED) is 0.538. The van der Waals surface area contributed by atoms with Gasteiger partial charge in [0, 0.05) is 6.04 Å². The molecule has 0 radical (unpaired) electrons. The average Bonchev–Trinajstić information content (AvgIpc) is 2.47. The van der Waals surface area contributed by atoms with Gasteiger partial charge in [0.2, 0.25) is 0 Å². The minimum absolute atomic E-state index is 0.118. The molecule has 0 aliphatic carbocycles. The predicted octanol–water partition coefficient (Wildman–Crippen LogP) is 5.41. The van der Waals surface area contributed by atoms with Crippen molar-refractivity contribution in [2.75, 3.05) is 6.54 Å². The first-order valence-electron chi connectivity index (χ1n) is 8.65. The maximum atomic E-state index is 13.4. The van der Waals surface area contributed by atoms with Crippen LogP contribution in [0.25, 0.3) is 0 Å². The molecule has 0 fully saturated rings. The first-order chi connectivity index (χ1) is 10.2. The normalized spacial score (nSPS) is 12.6. The predicted molar refractivity (Wildman–Crippen MR) is 90.3 cm³/mol. The van der Waals surface area contributed by atoms with Gasteiger partial charge in [0.05, 0.1) is 0 Å². The number of nitrogens with one attached hydrogen (secondary N) is 1. The van der Waals surface area contributed by atoms with Crippen molar-refractivity contribution in [3.8, 4) is 0 Å². The maximum Gasteiger partial charge on any atom is 0.123 e. The molecule has 0 aliphatic heterocycles. The molecule has 0 aliphatic rings. The van der Waals surface area contributed by atoms with Gasteiger partial charge in [-0.25, -0.2) is 4.39 Å². The number of hydrogen-bond acceptors (Lipinski definition) is 1. The SMILES string of the molecule is CCCCCCCC(Cc1cc(F)ccc1C)NCCC. The van der Waals surface area contributed by atoms with Crippen LogP contribution < -0.4 is 5.32 Å². The van der Waals surface area contributed by atoms with E-state index < -0.39 is 0 Å². The molecular weight excluding hydrogens is 261 g/mol. The molecule has 1 nitrogen and oxygen atoms in total. The monoisotopic (exact) mass is 293 g/mol. The maximum absolute atomic E-state index is 13.4. The third-order valence-corrected chi connectivity index (χ3v) is 4.12. The lowest BCUT2D eigenvalue weighted by Gasteiger charge is -2.20. The second kappa shape index (κ2) is 10.8. The molecular formula is C19H32FN. The first kappa shape index (κ1) is 18.2. The van der Waals surface area contributed by atoms with E-state index >= 15 is 0 Å². The topological polar surface area (TPSA) is 12.0 Å². The Labute approximate surface area is 130 Å². The molecule has 2 heteroatoms. The number of halogens is 1. The third-order valence-electron chi connectivity index (χ3n) is 4.12. The Morgan fingerprint density at radius 3 is 2.52 bits per heavy atom. The van der Waals surface area contributed by atoms with Gasteiger partial charge in [-0.2, -0.15) is 0 Å². The number of hydrogen-bond donors (Lipinski definition) is 1. The van der Waals surface area contributed by atoms with Crippen LogP contribution in [0.5, 0.6) is 0 Å². The van der Waals surface area contributed by atoms with E-state index in [4.69, 9.17) is 0 Å². The smallest absolute Gasteiger partial charge is 0.123 e. The number of rotatable bonds is 11. The summed E-state index contributed by atoms with van der Waals surface area (Å²) in [5.74, 6) is -0.118. The van der Waals surface area contributed by atoms with Gasteiger partial charge >= 0.3 is 0 Å². The molecule has 1 N–H and O–H groups in total. The zero-order valence-electron chi connectivity index (χ0n) is 14.1. The van der Waals surface area contributed by atoms with Crippen molar-refractivity contribution in [1.82, 2.24) is 5.32 Å². The van der Waals surface area contributed by atoms with Crippen LogP contribution in [0.3, 0.4) is 0 Å². The van der Waals surface area contributed by atoms with Crippen molar-refractivity contribution < 1.29 is 4.39 Å². The largest absolute Gasteiger partial charge is 0.314 e. The van der Waals surface area contributed by atoms with E-state index in [2.05, 4.69) is 26.1 Å². The van der Waals surface area contributed by atoms with Crippen molar-refractivity contribution in [3.63, 3.8) is 0 Å². The lowest BCUT2D eigenvalue weighted by Crippen LogP contribution is -2.32. The summed E-state index contributed by atoms with van der Waals surface area (Å²) in [5.41, 5.74) is 2.35. The summed E-state index contributed by atoms with van der Waals surface area (Å²) >= 11 is 0. The van der Waals surface area contributed by atoms with E-state index in [1.54, 1.807) is 12.1 Å². The molecule has 1 aromatic carbocycles. The highest BCUT2D eigenvalue weighted by atomic mass is 19.1.